The fourth-order valence-corrected chi connectivity index (χ4v) is 2.14. The van der Waals surface area contributed by atoms with E-state index in [2.05, 4.69) is 17.2 Å². The van der Waals surface area contributed by atoms with Crippen LogP contribution < -0.4 is 5.32 Å². The maximum atomic E-state index is 11.1. The van der Waals surface area contributed by atoms with Crippen molar-refractivity contribution in [2.75, 3.05) is 11.9 Å². The van der Waals surface area contributed by atoms with E-state index in [1.165, 1.54) is 0 Å². The SMILES string of the molecule is CCCCCc1cc(NCC(C)(C)O)c([N+](=O)[O-])c(Cl)n1. The van der Waals surface area contributed by atoms with Gasteiger partial charge in [-0.15, -0.1) is 0 Å². The number of aromatic nitrogens is 1. The highest BCUT2D eigenvalue weighted by molar-refractivity contribution is 6.32. The van der Waals surface area contributed by atoms with Gasteiger partial charge >= 0.3 is 5.69 Å². The number of unbranched alkanes of at least 4 members (excludes halogenated alkanes) is 2. The number of hydrogen-bond acceptors (Lipinski definition) is 5. The number of aryl methyl sites for hydroxylation is 1. The van der Waals surface area contributed by atoms with Gasteiger partial charge in [0.1, 0.15) is 5.69 Å². The van der Waals surface area contributed by atoms with E-state index in [0.717, 1.165) is 31.4 Å². The molecule has 0 aliphatic rings. The van der Waals surface area contributed by atoms with Gasteiger partial charge in [0.05, 0.1) is 10.5 Å². The van der Waals surface area contributed by atoms with E-state index in [1.54, 1.807) is 19.9 Å². The molecule has 0 aromatic carbocycles. The van der Waals surface area contributed by atoms with E-state index < -0.39 is 10.5 Å². The molecule has 2 N–H and O–H groups in total. The monoisotopic (exact) mass is 315 g/mol. The zero-order valence-electron chi connectivity index (χ0n) is 12.6. The van der Waals surface area contributed by atoms with Crippen molar-refractivity contribution in [3.05, 3.63) is 27.0 Å². The van der Waals surface area contributed by atoms with Gasteiger partial charge in [-0.2, -0.15) is 0 Å². The normalized spacial score (nSPS) is 11.5. The van der Waals surface area contributed by atoms with Gasteiger partial charge in [-0.1, -0.05) is 31.4 Å². The molecule has 0 aliphatic heterocycles. The van der Waals surface area contributed by atoms with E-state index in [0.29, 0.717) is 5.69 Å². The molecule has 1 aromatic heterocycles. The lowest BCUT2D eigenvalue weighted by Crippen LogP contribution is -2.29. The minimum atomic E-state index is -0.980. The molecule has 1 aromatic rings. The Kier molecular flexibility index (Phi) is 6.36. The molecule has 0 amide bonds. The van der Waals surface area contributed by atoms with E-state index in [1.807, 2.05) is 0 Å². The summed E-state index contributed by atoms with van der Waals surface area (Å²) in [5.41, 5.74) is -0.211. The van der Waals surface area contributed by atoms with Crippen LogP contribution in [0.15, 0.2) is 6.07 Å². The van der Waals surface area contributed by atoms with Crippen LogP contribution in [0.4, 0.5) is 11.4 Å². The molecule has 0 unspecified atom stereocenters. The average molecular weight is 316 g/mol. The highest BCUT2D eigenvalue weighted by Crippen LogP contribution is 2.32. The highest BCUT2D eigenvalue weighted by Gasteiger charge is 2.23. The van der Waals surface area contributed by atoms with Crippen LogP contribution in [0.2, 0.25) is 5.15 Å². The highest BCUT2D eigenvalue weighted by atomic mass is 35.5. The van der Waals surface area contributed by atoms with Crippen molar-refractivity contribution in [3.63, 3.8) is 0 Å². The predicted molar refractivity (Wildman–Crippen MR) is 83.9 cm³/mol. The third kappa shape index (κ3) is 5.85. The summed E-state index contributed by atoms with van der Waals surface area (Å²) in [4.78, 5) is 14.7. The van der Waals surface area contributed by atoms with Crippen molar-refractivity contribution < 1.29 is 10.0 Å². The Bertz CT molecular complexity index is 501. The largest absolute Gasteiger partial charge is 0.389 e. The number of aliphatic hydroxyl groups is 1. The van der Waals surface area contributed by atoms with Crippen LogP contribution in [0.5, 0.6) is 0 Å². The first-order chi connectivity index (χ1) is 9.74. The third-order valence-electron chi connectivity index (χ3n) is 2.93. The first-order valence-corrected chi connectivity index (χ1v) is 7.42. The standard InChI is InChI=1S/C14H22ClN3O3/c1-4-5-6-7-10-8-11(16-9-14(2,3)19)12(18(20)21)13(15)17-10/h8,19H,4-7,9H2,1-3H3,(H,16,17). The molecule has 1 heterocycles. The summed E-state index contributed by atoms with van der Waals surface area (Å²) in [6.45, 7) is 5.53. The number of rotatable bonds is 8. The Hall–Kier alpha value is -1.40. The van der Waals surface area contributed by atoms with Crippen LogP contribution in [-0.2, 0) is 6.42 Å². The van der Waals surface area contributed by atoms with E-state index >= 15 is 0 Å². The second-order valence-corrected chi connectivity index (χ2v) is 6.04. The van der Waals surface area contributed by atoms with E-state index in [9.17, 15) is 15.2 Å². The van der Waals surface area contributed by atoms with Crippen LogP contribution in [0, 0.1) is 10.1 Å². The Morgan fingerprint density at radius 1 is 1.48 bits per heavy atom. The van der Waals surface area contributed by atoms with Crippen molar-refractivity contribution in [1.29, 1.82) is 0 Å². The number of halogens is 1. The van der Waals surface area contributed by atoms with Gasteiger partial charge in [0.15, 0.2) is 0 Å². The van der Waals surface area contributed by atoms with Crippen LogP contribution >= 0.6 is 11.6 Å². The van der Waals surface area contributed by atoms with Crippen molar-refractivity contribution in [2.24, 2.45) is 0 Å². The van der Waals surface area contributed by atoms with Crippen LogP contribution in [0.25, 0.3) is 0 Å². The second kappa shape index (κ2) is 7.56. The lowest BCUT2D eigenvalue weighted by Gasteiger charge is -2.19. The number of pyridine rings is 1. The number of hydrogen-bond donors (Lipinski definition) is 2. The molecular weight excluding hydrogens is 294 g/mol. The summed E-state index contributed by atoms with van der Waals surface area (Å²) in [5, 5.41) is 23.6. The summed E-state index contributed by atoms with van der Waals surface area (Å²) in [7, 11) is 0. The first-order valence-electron chi connectivity index (χ1n) is 7.04. The molecule has 1 rings (SSSR count). The fourth-order valence-electron chi connectivity index (χ4n) is 1.86. The molecule has 7 heteroatoms. The topological polar surface area (TPSA) is 88.3 Å². The van der Waals surface area contributed by atoms with Gasteiger partial charge in [-0.25, -0.2) is 4.98 Å². The molecule has 21 heavy (non-hydrogen) atoms. The Labute approximate surface area is 129 Å². The maximum Gasteiger partial charge on any atom is 0.329 e. The predicted octanol–water partition coefficient (Wildman–Crippen LogP) is 3.56. The van der Waals surface area contributed by atoms with E-state index in [4.69, 9.17) is 11.6 Å². The molecule has 118 valence electrons. The molecule has 0 aliphatic carbocycles. The molecule has 0 atom stereocenters. The minimum Gasteiger partial charge on any atom is -0.389 e. The third-order valence-corrected chi connectivity index (χ3v) is 3.20. The van der Waals surface area contributed by atoms with Gasteiger partial charge in [0.2, 0.25) is 5.15 Å². The summed E-state index contributed by atoms with van der Waals surface area (Å²) >= 11 is 5.94. The molecule has 0 saturated carbocycles. The van der Waals surface area contributed by atoms with Gasteiger partial charge < -0.3 is 10.4 Å². The molecule has 0 radical (unpaired) electrons. The number of nitrogens with one attached hydrogen (secondary N) is 1. The van der Waals surface area contributed by atoms with Crippen molar-refractivity contribution in [2.45, 2.75) is 52.1 Å². The summed E-state index contributed by atoms with van der Waals surface area (Å²) in [6.07, 6.45) is 3.85. The van der Waals surface area contributed by atoms with Gasteiger partial charge in [-0.3, -0.25) is 10.1 Å². The Balaban J connectivity index is 3.01. The van der Waals surface area contributed by atoms with Crippen molar-refractivity contribution >= 4 is 23.0 Å². The second-order valence-electron chi connectivity index (χ2n) is 5.68. The number of nitrogens with zero attached hydrogens (tertiary/aromatic N) is 2. The molecule has 0 saturated heterocycles. The van der Waals surface area contributed by atoms with Gasteiger partial charge in [0.25, 0.3) is 0 Å². The molecule has 0 fully saturated rings. The quantitative estimate of drug-likeness (QED) is 0.331. The van der Waals surface area contributed by atoms with Crippen LogP contribution in [0.1, 0.15) is 45.7 Å². The lowest BCUT2D eigenvalue weighted by molar-refractivity contribution is -0.384. The molecule has 0 bridgehead atoms. The fraction of sp³-hybridized carbons (Fsp3) is 0.643. The smallest absolute Gasteiger partial charge is 0.329 e. The first kappa shape index (κ1) is 17.7. The summed E-state index contributed by atoms with van der Waals surface area (Å²) in [6, 6.07) is 1.64. The zero-order chi connectivity index (χ0) is 16.0. The maximum absolute atomic E-state index is 11.1. The van der Waals surface area contributed by atoms with Gasteiger partial charge in [0, 0.05) is 12.2 Å². The van der Waals surface area contributed by atoms with E-state index in [-0.39, 0.29) is 17.4 Å². The van der Waals surface area contributed by atoms with Crippen LogP contribution in [0.3, 0.4) is 0 Å². The Morgan fingerprint density at radius 3 is 2.67 bits per heavy atom. The summed E-state index contributed by atoms with van der Waals surface area (Å²) < 4.78 is 0. The molecular formula is C14H22ClN3O3. The van der Waals surface area contributed by atoms with Gasteiger partial charge in [-0.05, 0) is 32.8 Å². The lowest BCUT2D eigenvalue weighted by atomic mass is 10.1. The molecule has 6 nitrogen and oxygen atoms in total. The number of anilines is 1. The minimum absolute atomic E-state index is 0.118. The molecule has 0 spiro atoms. The number of nitro groups is 1. The van der Waals surface area contributed by atoms with Crippen LogP contribution in [-0.4, -0.2) is 27.2 Å². The Morgan fingerprint density at radius 2 is 2.14 bits per heavy atom. The van der Waals surface area contributed by atoms with Crippen molar-refractivity contribution in [3.8, 4) is 0 Å². The van der Waals surface area contributed by atoms with Crippen molar-refractivity contribution in [1.82, 2.24) is 4.98 Å². The summed E-state index contributed by atoms with van der Waals surface area (Å²) in [5.74, 6) is 0. The average Bonchev–Trinajstić information content (AvgIpc) is 2.34. The zero-order valence-corrected chi connectivity index (χ0v) is 13.4.